The van der Waals surface area contributed by atoms with Crippen molar-refractivity contribution in [3.63, 3.8) is 0 Å². The van der Waals surface area contributed by atoms with Crippen LogP contribution in [0, 0.1) is 0 Å². The van der Waals surface area contributed by atoms with Crippen molar-refractivity contribution in [1.29, 1.82) is 0 Å². The van der Waals surface area contributed by atoms with Crippen LogP contribution in [0.4, 0.5) is 5.69 Å². The first-order chi connectivity index (χ1) is 10.8. The number of rotatable bonds is 5. The highest BCUT2D eigenvalue weighted by Crippen LogP contribution is 2.18. The van der Waals surface area contributed by atoms with Crippen LogP contribution in [-0.2, 0) is 14.8 Å². The Morgan fingerprint density at radius 3 is 2.35 bits per heavy atom. The fourth-order valence-electron chi connectivity index (χ4n) is 2.52. The van der Waals surface area contributed by atoms with Crippen LogP contribution in [0.2, 0.25) is 0 Å². The minimum absolute atomic E-state index is 0.122. The Balaban J connectivity index is 1.86. The van der Waals surface area contributed by atoms with Gasteiger partial charge in [0, 0.05) is 17.8 Å². The number of amides is 1. The van der Waals surface area contributed by atoms with E-state index in [0.717, 1.165) is 37.5 Å². The number of hydrogen-bond acceptors (Lipinski definition) is 4. The van der Waals surface area contributed by atoms with Gasteiger partial charge in [0.2, 0.25) is 15.9 Å². The summed E-state index contributed by atoms with van der Waals surface area (Å²) < 4.78 is 24.6. The maximum atomic E-state index is 11.9. The summed E-state index contributed by atoms with van der Waals surface area (Å²) in [5.41, 5.74) is 1.29. The first kappa shape index (κ1) is 17.5. The van der Waals surface area contributed by atoms with Crippen LogP contribution < -0.4 is 10.0 Å². The van der Waals surface area contributed by atoms with E-state index in [9.17, 15) is 18.3 Å². The quantitative estimate of drug-likeness (QED) is 0.709. The summed E-state index contributed by atoms with van der Waals surface area (Å²) >= 11 is 0. The molecule has 0 atom stereocenters. The third-order valence-corrected chi connectivity index (χ3v) is 4.29. The number of aliphatic hydroxyl groups excluding tert-OH is 1. The molecule has 7 heteroatoms. The fraction of sp³-hybridized carbons (Fsp3) is 0.438. The summed E-state index contributed by atoms with van der Waals surface area (Å²) in [4.78, 5) is 11.9. The molecule has 0 aliphatic heterocycles. The van der Waals surface area contributed by atoms with Crippen LogP contribution >= 0.6 is 0 Å². The highest BCUT2D eigenvalue weighted by atomic mass is 32.2. The molecule has 1 aromatic rings. The summed E-state index contributed by atoms with van der Waals surface area (Å²) in [5.74, 6) is -0.162. The number of carbonyl (C=O) groups excluding carboxylic acids is 1. The first-order valence-corrected chi connectivity index (χ1v) is 9.45. The maximum absolute atomic E-state index is 11.9. The van der Waals surface area contributed by atoms with Crippen molar-refractivity contribution in [1.82, 2.24) is 5.32 Å². The van der Waals surface area contributed by atoms with Gasteiger partial charge in [-0.3, -0.25) is 9.52 Å². The SMILES string of the molecule is CS(=O)(=O)Nc1ccc(/C=C/C(=O)NC2CCC(O)CC2)cc1. The molecule has 0 bridgehead atoms. The summed E-state index contributed by atoms with van der Waals surface area (Å²) in [6, 6.07) is 6.86. The molecule has 0 spiro atoms. The van der Waals surface area contributed by atoms with Crippen LogP contribution in [0.3, 0.4) is 0 Å². The Labute approximate surface area is 136 Å². The van der Waals surface area contributed by atoms with Crippen LogP contribution in [0.5, 0.6) is 0 Å². The van der Waals surface area contributed by atoms with E-state index >= 15 is 0 Å². The molecule has 0 unspecified atom stereocenters. The molecule has 23 heavy (non-hydrogen) atoms. The average molecular weight is 338 g/mol. The van der Waals surface area contributed by atoms with Gasteiger partial charge in [-0.05, 0) is 49.5 Å². The van der Waals surface area contributed by atoms with E-state index in [2.05, 4.69) is 10.0 Å². The third kappa shape index (κ3) is 6.42. The molecule has 1 saturated carbocycles. The number of aliphatic hydroxyl groups is 1. The second-order valence-electron chi connectivity index (χ2n) is 5.84. The molecule has 1 aliphatic carbocycles. The Kier molecular flexibility index (Phi) is 5.79. The Morgan fingerprint density at radius 2 is 1.78 bits per heavy atom. The average Bonchev–Trinajstić information content (AvgIpc) is 2.47. The second kappa shape index (κ2) is 7.61. The van der Waals surface area contributed by atoms with E-state index in [0.29, 0.717) is 5.69 Å². The molecule has 0 aromatic heterocycles. The minimum atomic E-state index is -3.29. The molecule has 0 saturated heterocycles. The highest BCUT2D eigenvalue weighted by Gasteiger charge is 2.19. The highest BCUT2D eigenvalue weighted by molar-refractivity contribution is 7.92. The van der Waals surface area contributed by atoms with E-state index in [1.54, 1.807) is 30.3 Å². The normalized spacial score (nSPS) is 22.0. The van der Waals surface area contributed by atoms with Gasteiger partial charge in [-0.2, -0.15) is 0 Å². The van der Waals surface area contributed by atoms with Crippen LogP contribution in [0.25, 0.3) is 6.08 Å². The van der Waals surface area contributed by atoms with Gasteiger partial charge in [0.15, 0.2) is 0 Å². The van der Waals surface area contributed by atoms with Crippen molar-refractivity contribution < 1.29 is 18.3 Å². The number of anilines is 1. The number of hydrogen-bond donors (Lipinski definition) is 3. The molecular weight excluding hydrogens is 316 g/mol. The molecule has 1 aliphatic rings. The molecule has 0 radical (unpaired) electrons. The molecule has 6 nitrogen and oxygen atoms in total. The predicted molar refractivity (Wildman–Crippen MR) is 90.3 cm³/mol. The van der Waals surface area contributed by atoms with Crippen molar-refractivity contribution in [2.24, 2.45) is 0 Å². The van der Waals surface area contributed by atoms with E-state index < -0.39 is 10.0 Å². The Bertz CT molecular complexity index is 660. The molecule has 1 amide bonds. The Morgan fingerprint density at radius 1 is 1.17 bits per heavy atom. The monoisotopic (exact) mass is 338 g/mol. The van der Waals surface area contributed by atoms with Gasteiger partial charge in [-0.25, -0.2) is 8.42 Å². The van der Waals surface area contributed by atoms with Crippen molar-refractivity contribution >= 4 is 27.7 Å². The van der Waals surface area contributed by atoms with E-state index in [-0.39, 0.29) is 18.1 Å². The van der Waals surface area contributed by atoms with Gasteiger partial charge in [-0.15, -0.1) is 0 Å². The maximum Gasteiger partial charge on any atom is 0.244 e. The summed E-state index contributed by atoms with van der Waals surface area (Å²) in [6.45, 7) is 0. The van der Waals surface area contributed by atoms with E-state index in [1.165, 1.54) is 6.08 Å². The molecule has 1 aromatic carbocycles. The zero-order chi connectivity index (χ0) is 16.9. The van der Waals surface area contributed by atoms with E-state index in [1.807, 2.05) is 0 Å². The van der Waals surface area contributed by atoms with Crippen LogP contribution in [-0.4, -0.2) is 37.8 Å². The molecule has 3 N–H and O–H groups in total. The number of nitrogens with one attached hydrogen (secondary N) is 2. The lowest BCUT2D eigenvalue weighted by molar-refractivity contribution is -0.117. The van der Waals surface area contributed by atoms with Crippen molar-refractivity contribution in [3.8, 4) is 0 Å². The number of sulfonamides is 1. The van der Waals surface area contributed by atoms with Gasteiger partial charge < -0.3 is 10.4 Å². The topological polar surface area (TPSA) is 95.5 Å². The number of carbonyl (C=O) groups is 1. The largest absolute Gasteiger partial charge is 0.393 e. The predicted octanol–water partition coefficient (Wildman–Crippen LogP) is 1.49. The zero-order valence-corrected chi connectivity index (χ0v) is 13.8. The molecule has 2 rings (SSSR count). The zero-order valence-electron chi connectivity index (χ0n) is 13.0. The molecule has 126 valence electrons. The summed E-state index contributed by atoms with van der Waals surface area (Å²) in [5, 5.41) is 12.4. The lowest BCUT2D eigenvalue weighted by Crippen LogP contribution is -2.37. The van der Waals surface area contributed by atoms with Crippen LogP contribution in [0.1, 0.15) is 31.2 Å². The lowest BCUT2D eigenvalue weighted by Gasteiger charge is -2.25. The molecule has 0 heterocycles. The minimum Gasteiger partial charge on any atom is -0.393 e. The molecule has 1 fully saturated rings. The summed E-state index contributed by atoms with van der Waals surface area (Å²) in [6.07, 6.45) is 7.04. The van der Waals surface area contributed by atoms with Crippen molar-refractivity contribution in [3.05, 3.63) is 35.9 Å². The van der Waals surface area contributed by atoms with Gasteiger partial charge in [0.25, 0.3) is 0 Å². The van der Waals surface area contributed by atoms with Crippen molar-refractivity contribution in [2.45, 2.75) is 37.8 Å². The fourth-order valence-corrected chi connectivity index (χ4v) is 3.08. The first-order valence-electron chi connectivity index (χ1n) is 7.56. The second-order valence-corrected chi connectivity index (χ2v) is 7.59. The third-order valence-electron chi connectivity index (χ3n) is 3.68. The standard InChI is InChI=1S/C16H22N2O4S/c1-23(21,22)18-14-5-2-12(3-6-14)4-11-16(20)17-13-7-9-15(19)10-8-13/h2-6,11,13,15,18-19H,7-10H2,1H3,(H,17,20)/b11-4+. The summed E-state index contributed by atoms with van der Waals surface area (Å²) in [7, 11) is -3.29. The number of benzene rings is 1. The lowest BCUT2D eigenvalue weighted by atomic mass is 9.93. The smallest absolute Gasteiger partial charge is 0.244 e. The van der Waals surface area contributed by atoms with Gasteiger partial charge >= 0.3 is 0 Å². The van der Waals surface area contributed by atoms with Gasteiger partial charge in [-0.1, -0.05) is 12.1 Å². The molecular formula is C16H22N2O4S. The van der Waals surface area contributed by atoms with Crippen molar-refractivity contribution in [2.75, 3.05) is 11.0 Å². The van der Waals surface area contributed by atoms with Gasteiger partial charge in [0.05, 0.1) is 12.4 Å². The van der Waals surface area contributed by atoms with E-state index in [4.69, 9.17) is 0 Å². The van der Waals surface area contributed by atoms with Crippen LogP contribution in [0.15, 0.2) is 30.3 Å². The Hall–Kier alpha value is -1.86. The van der Waals surface area contributed by atoms with Gasteiger partial charge in [0.1, 0.15) is 0 Å².